The molecule has 0 unspecified atom stereocenters. The lowest BCUT2D eigenvalue weighted by Crippen LogP contribution is -2.46. The van der Waals surface area contributed by atoms with Crippen molar-refractivity contribution in [3.05, 3.63) is 57.6 Å². The van der Waals surface area contributed by atoms with Crippen molar-refractivity contribution < 1.29 is 44.4 Å². The van der Waals surface area contributed by atoms with Gasteiger partial charge in [0.2, 0.25) is 0 Å². The van der Waals surface area contributed by atoms with Crippen molar-refractivity contribution in [2.45, 2.75) is 18.8 Å². The Kier molecular flexibility index (Phi) is 7.44. The molecule has 2 heterocycles. The van der Waals surface area contributed by atoms with Crippen LogP contribution in [0, 0.1) is 11.6 Å². The predicted molar refractivity (Wildman–Crippen MR) is 126 cm³/mol. The van der Waals surface area contributed by atoms with Crippen LogP contribution in [-0.2, 0) is 26.9 Å². The summed E-state index contributed by atoms with van der Waals surface area (Å²) in [7, 11) is -3.89. The van der Waals surface area contributed by atoms with E-state index in [-0.39, 0.29) is 11.9 Å². The number of hydrogen-bond acceptors (Lipinski definition) is 7. The van der Waals surface area contributed by atoms with Crippen LogP contribution in [0.25, 0.3) is 10.9 Å². The molecule has 1 fully saturated rings. The Morgan fingerprint density at radius 1 is 1.23 bits per heavy atom. The third-order valence-electron chi connectivity index (χ3n) is 5.58. The fourth-order valence-corrected chi connectivity index (χ4v) is 5.42. The molecule has 1 atom stereocenters. The molecular formula is C21H16ClF6N5O5S. The zero-order valence-corrected chi connectivity index (χ0v) is 21.0. The molecule has 1 aliphatic heterocycles. The molecule has 1 aliphatic rings. The highest BCUT2D eigenvalue weighted by Gasteiger charge is 2.47. The van der Waals surface area contributed by atoms with E-state index in [0.717, 1.165) is 17.0 Å². The number of carbonyl (C=O) groups excluding carboxylic acids is 1. The average molecular weight is 600 g/mol. The second-order valence-corrected chi connectivity index (χ2v) is 10.3. The number of halogens is 7. The van der Waals surface area contributed by atoms with E-state index in [2.05, 4.69) is 15.1 Å². The molecule has 0 aliphatic carbocycles. The average Bonchev–Trinajstić information content (AvgIpc) is 3.30. The van der Waals surface area contributed by atoms with E-state index in [1.54, 1.807) is 0 Å². The molecule has 0 saturated carbocycles. The minimum Gasteiger partial charge on any atom is -0.349 e. The second kappa shape index (κ2) is 10.2. The maximum Gasteiger partial charge on any atom is 0.493 e. The molecule has 3 aromatic rings. The van der Waals surface area contributed by atoms with E-state index in [4.69, 9.17) is 11.6 Å². The lowest BCUT2D eigenvalue weighted by molar-refractivity contribution is -0.199. The summed E-state index contributed by atoms with van der Waals surface area (Å²) in [5.74, 6) is -5.39. The molecule has 10 nitrogen and oxygen atoms in total. The van der Waals surface area contributed by atoms with Gasteiger partial charge in [-0.05, 0) is 30.7 Å². The number of anilines is 3. The molecule has 1 aromatic heterocycles. The highest BCUT2D eigenvalue weighted by Crippen LogP contribution is 2.40. The molecule has 39 heavy (non-hydrogen) atoms. The topological polar surface area (TPSA) is 114 Å². The first-order valence-corrected chi connectivity index (χ1v) is 12.5. The Bertz CT molecular complexity index is 1630. The van der Waals surface area contributed by atoms with Crippen molar-refractivity contribution in [2.24, 2.45) is 7.05 Å². The minimum atomic E-state index is -5.66. The number of alkyl halides is 4. The fraction of sp³-hybridized carbons (Fsp3) is 0.286. The lowest BCUT2D eigenvalue weighted by atomic mass is 10.2. The molecule has 4 rings (SSSR count). The van der Waals surface area contributed by atoms with Crippen LogP contribution in [0.2, 0.25) is 5.02 Å². The van der Waals surface area contributed by atoms with Crippen molar-refractivity contribution in [3.8, 4) is 0 Å². The van der Waals surface area contributed by atoms with E-state index in [1.807, 2.05) is 0 Å². The van der Waals surface area contributed by atoms with Gasteiger partial charge in [-0.15, -0.1) is 0 Å². The zero-order valence-electron chi connectivity index (χ0n) is 19.5. The van der Waals surface area contributed by atoms with E-state index in [9.17, 15) is 40.0 Å². The van der Waals surface area contributed by atoms with Gasteiger partial charge >= 0.3 is 22.4 Å². The first kappa shape index (κ1) is 28.4. The van der Waals surface area contributed by atoms with Crippen molar-refractivity contribution in [3.63, 3.8) is 0 Å². The Balaban J connectivity index is 1.83. The molecule has 18 heteroatoms. The summed E-state index contributed by atoms with van der Waals surface area (Å²) in [6.07, 6.45) is -6.47. The van der Waals surface area contributed by atoms with Gasteiger partial charge in [-0.1, -0.05) is 16.1 Å². The van der Waals surface area contributed by atoms with Gasteiger partial charge in [0.15, 0.2) is 5.82 Å². The lowest BCUT2D eigenvalue weighted by Gasteiger charge is -2.28. The maximum atomic E-state index is 15.2. The Morgan fingerprint density at radius 3 is 2.54 bits per heavy atom. The van der Waals surface area contributed by atoms with Crippen LogP contribution in [0.5, 0.6) is 0 Å². The maximum absolute atomic E-state index is 15.2. The van der Waals surface area contributed by atoms with Gasteiger partial charge in [-0.25, -0.2) is 22.9 Å². The zero-order chi connectivity index (χ0) is 28.9. The van der Waals surface area contributed by atoms with Gasteiger partial charge in [-0.3, -0.25) is 4.79 Å². The molecule has 0 amide bonds. The summed E-state index contributed by atoms with van der Waals surface area (Å²) in [4.78, 5) is 32.0. The number of hydrogen-bond donors (Lipinski definition) is 1. The van der Waals surface area contributed by atoms with Crippen LogP contribution in [0.15, 0.2) is 35.4 Å². The van der Waals surface area contributed by atoms with Crippen LogP contribution >= 0.6 is 11.6 Å². The van der Waals surface area contributed by atoms with E-state index < -0.39 is 90.7 Å². The third kappa shape index (κ3) is 5.33. The first-order valence-electron chi connectivity index (χ1n) is 10.8. The van der Waals surface area contributed by atoms with Crippen molar-refractivity contribution in [1.29, 1.82) is 0 Å². The SMILES string of the molecule is Cn1cnc2ccc(Nc3c(F)ccc(N(OC(=O)C(F)(F)F)S(=O)(=O)N4CC[C@H](F)C4)c3Cl)c(F)c2c1=O. The second-order valence-electron chi connectivity index (χ2n) is 8.22. The standard InChI is InChI=1S/C21H16ClF6N5O5S/c1-31-9-29-12-3-4-13(17(25)15(12)19(31)34)30-18-11(24)2-5-14(16(18)22)33(38-20(35)21(26,27)28)39(36,37)32-7-6-10(23)8-32/h2-5,9-10,30H,6-8H2,1H3/t10-/m0/s1. The van der Waals surface area contributed by atoms with Crippen LogP contribution in [0.1, 0.15) is 6.42 Å². The quantitative estimate of drug-likeness (QED) is 0.339. The van der Waals surface area contributed by atoms with Crippen LogP contribution < -0.4 is 15.3 Å². The summed E-state index contributed by atoms with van der Waals surface area (Å²) in [5.41, 5.74) is -3.21. The number of fused-ring (bicyclic) bond motifs is 1. The van der Waals surface area contributed by atoms with Crippen LogP contribution in [0.3, 0.4) is 0 Å². The molecule has 210 valence electrons. The number of nitrogens with zero attached hydrogens (tertiary/aromatic N) is 4. The summed E-state index contributed by atoms with van der Waals surface area (Å²) < 4.78 is 110. The number of aryl methyl sites for hydroxylation is 1. The van der Waals surface area contributed by atoms with Crippen molar-refractivity contribution >= 4 is 55.7 Å². The Labute approximate surface area is 220 Å². The van der Waals surface area contributed by atoms with Gasteiger partial charge in [0.25, 0.3) is 5.56 Å². The van der Waals surface area contributed by atoms with Gasteiger partial charge in [0.05, 0.1) is 28.2 Å². The predicted octanol–water partition coefficient (Wildman–Crippen LogP) is 3.72. The number of carbonyl (C=O) groups is 1. The first-order chi connectivity index (χ1) is 18.1. The van der Waals surface area contributed by atoms with Gasteiger partial charge < -0.3 is 14.7 Å². The van der Waals surface area contributed by atoms with E-state index in [1.165, 1.54) is 13.1 Å². The Morgan fingerprint density at radius 2 is 1.92 bits per heavy atom. The van der Waals surface area contributed by atoms with Gasteiger partial charge in [-0.2, -0.15) is 25.9 Å². The number of rotatable bonds is 6. The highest BCUT2D eigenvalue weighted by atomic mass is 35.5. The minimum absolute atomic E-state index is 0.0467. The number of aromatic nitrogens is 2. The smallest absolute Gasteiger partial charge is 0.349 e. The summed E-state index contributed by atoms with van der Waals surface area (Å²) in [6.45, 7) is -1.24. The molecule has 0 radical (unpaired) electrons. The van der Waals surface area contributed by atoms with Gasteiger partial charge in [0.1, 0.15) is 23.1 Å². The Hall–Kier alpha value is -3.57. The molecule has 1 saturated heterocycles. The number of benzene rings is 2. The monoisotopic (exact) mass is 599 g/mol. The number of nitrogens with one attached hydrogen (secondary N) is 1. The van der Waals surface area contributed by atoms with Gasteiger partial charge in [0, 0.05) is 20.1 Å². The largest absolute Gasteiger partial charge is 0.493 e. The molecule has 0 bridgehead atoms. The molecular weight excluding hydrogens is 584 g/mol. The van der Waals surface area contributed by atoms with E-state index in [0.29, 0.717) is 16.4 Å². The van der Waals surface area contributed by atoms with Crippen molar-refractivity contribution in [2.75, 3.05) is 22.9 Å². The van der Waals surface area contributed by atoms with Crippen LogP contribution in [0.4, 0.5) is 43.4 Å². The highest BCUT2D eigenvalue weighted by molar-refractivity contribution is 7.90. The van der Waals surface area contributed by atoms with E-state index >= 15 is 4.39 Å². The fourth-order valence-electron chi connectivity index (χ4n) is 3.63. The normalized spacial score (nSPS) is 16.5. The molecule has 0 spiro atoms. The third-order valence-corrected chi connectivity index (χ3v) is 7.64. The van der Waals surface area contributed by atoms with Crippen molar-refractivity contribution in [1.82, 2.24) is 13.9 Å². The van der Waals surface area contributed by atoms with Crippen LogP contribution in [-0.4, -0.2) is 53.7 Å². The summed E-state index contributed by atoms with van der Waals surface area (Å²) in [5, 5.41) is 0.793. The summed E-state index contributed by atoms with van der Waals surface area (Å²) in [6, 6.07) is 3.40. The molecule has 2 aromatic carbocycles. The summed E-state index contributed by atoms with van der Waals surface area (Å²) >= 11 is 6.15. The molecule has 1 N–H and O–H groups in total.